The lowest BCUT2D eigenvalue weighted by Crippen LogP contribution is -2.32. The van der Waals surface area contributed by atoms with Crippen molar-refractivity contribution in [2.24, 2.45) is 5.73 Å². The predicted octanol–water partition coefficient (Wildman–Crippen LogP) is 2.89. The summed E-state index contributed by atoms with van der Waals surface area (Å²) in [6, 6.07) is 14.0. The van der Waals surface area contributed by atoms with Gasteiger partial charge in [0.05, 0.1) is 0 Å². The van der Waals surface area contributed by atoms with Crippen LogP contribution < -0.4 is 15.8 Å². The van der Waals surface area contributed by atoms with Crippen LogP contribution in [0.3, 0.4) is 0 Å². The van der Waals surface area contributed by atoms with Gasteiger partial charge in [-0.05, 0) is 49.7 Å². The fraction of sp³-hybridized carbons (Fsp3) is 0.222. The van der Waals surface area contributed by atoms with Crippen LogP contribution in [0.25, 0.3) is 0 Å². The van der Waals surface area contributed by atoms with Crippen LogP contribution in [-0.4, -0.2) is 17.9 Å². The van der Waals surface area contributed by atoms with Crippen LogP contribution in [0.15, 0.2) is 48.5 Å². The van der Waals surface area contributed by atoms with Gasteiger partial charge >= 0.3 is 0 Å². The highest BCUT2D eigenvalue weighted by Gasteiger charge is 2.18. The van der Waals surface area contributed by atoms with Crippen molar-refractivity contribution in [3.05, 3.63) is 59.7 Å². The van der Waals surface area contributed by atoms with Gasteiger partial charge in [-0.15, -0.1) is 0 Å². The van der Waals surface area contributed by atoms with Gasteiger partial charge < -0.3 is 15.8 Å². The van der Waals surface area contributed by atoms with Gasteiger partial charge in [0.1, 0.15) is 5.75 Å². The standard InChI is InChI=1S/C18H20N2O3/c1-3-16(23-15-10-4-12(2)5-11-15)18(22)20-14-8-6-13(7-9-14)17(19)21/h4-11,16H,3H2,1-2H3,(H2,19,21)(H,20,22). The largest absolute Gasteiger partial charge is 0.481 e. The molecule has 0 spiro atoms. The first-order valence-electron chi connectivity index (χ1n) is 7.43. The number of carbonyl (C=O) groups excluding carboxylic acids is 2. The number of rotatable bonds is 6. The van der Waals surface area contributed by atoms with Crippen LogP contribution in [0.2, 0.25) is 0 Å². The molecule has 23 heavy (non-hydrogen) atoms. The van der Waals surface area contributed by atoms with Gasteiger partial charge in [0.15, 0.2) is 6.10 Å². The maximum absolute atomic E-state index is 12.3. The molecule has 0 aromatic heterocycles. The van der Waals surface area contributed by atoms with Crippen LogP contribution in [-0.2, 0) is 4.79 Å². The van der Waals surface area contributed by atoms with Crippen molar-refractivity contribution in [2.75, 3.05) is 5.32 Å². The van der Waals surface area contributed by atoms with E-state index in [9.17, 15) is 9.59 Å². The number of ether oxygens (including phenoxy) is 1. The number of aryl methyl sites for hydroxylation is 1. The van der Waals surface area contributed by atoms with Gasteiger partial charge in [-0.2, -0.15) is 0 Å². The van der Waals surface area contributed by atoms with Crippen molar-refractivity contribution in [2.45, 2.75) is 26.4 Å². The molecule has 0 bridgehead atoms. The van der Waals surface area contributed by atoms with E-state index >= 15 is 0 Å². The third kappa shape index (κ3) is 4.57. The lowest BCUT2D eigenvalue weighted by atomic mass is 10.2. The van der Waals surface area contributed by atoms with Crippen molar-refractivity contribution in [1.29, 1.82) is 0 Å². The van der Waals surface area contributed by atoms with Gasteiger partial charge in [-0.25, -0.2) is 0 Å². The molecule has 0 radical (unpaired) electrons. The molecule has 120 valence electrons. The Morgan fingerprint density at radius 1 is 1.09 bits per heavy atom. The lowest BCUT2D eigenvalue weighted by molar-refractivity contribution is -0.122. The molecule has 5 nitrogen and oxygen atoms in total. The lowest BCUT2D eigenvalue weighted by Gasteiger charge is -2.17. The summed E-state index contributed by atoms with van der Waals surface area (Å²) in [5, 5.41) is 2.77. The molecule has 5 heteroatoms. The van der Waals surface area contributed by atoms with Crippen molar-refractivity contribution in [3.8, 4) is 5.75 Å². The van der Waals surface area contributed by atoms with Crippen molar-refractivity contribution >= 4 is 17.5 Å². The summed E-state index contributed by atoms with van der Waals surface area (Å²) in [5.74, 6) is -0.0846. The highest BCUT2D eigenvalue weighted by Crippen LogP contribution is 2.16. The average Bonchev–Trinajstić information content (AvgIpc) is 2.54. The Morgan fingerprint density at radius 2 is 1.70 bits per heavy atom. The first-order chi connectivity index (χ1) is 11.0. The number of primary amides is 1. The Labute approximate surface area is 135 Å². The van der Waals surface area contributed by atoms with E-state index in [0.29, 0.717) is 23.4 Å². The van der Waals surface area contributed by atoms with Gasteiger partial charge in [0.25, 0.3) is 5.91 Å². The number of anilines is 1. The minimum atomic E-state index is -0.589. The van der Waals surface area contributed by atoms with Crippen LogP contribution >= 0.6 is 0 Å². The smallest absolute Gasteiger partial charge is 0.265 e. The van der Waals surface area contributed by atoms with E-state index in [1.165, 1.54) is 0 Å². The third-order valence-electron chi connectivity index (χ3n) is 3.40. The molecule has 0 aliphatic heterocycles. The molecule has 2 rings (SSSR count). The summed E-state index contributed by atoms with van der Waals surface area (Å²) in [6.45, 7) is 3.87. The molecule has 2 aromatic rings. The zero-order valence-corrected chi connectivity index (χ0v) is 13.2. The van der Waals surface area contributed by atoms with E-state index in [1.54, 1.807) is 24.3 Å². The number of hydrogen-bond acceptors (Lipinski definition) is 3. The summed E-state index contributed by atoms with van der Waals surface area (Å²) >= 11 is 0. The Hall–Kier alpha value is -2.82. The molecule has 0 fully saturated rings. The van der Waals surface area contributed by atoms with Crippen LogP contribution in [0, 0.1) is 6.92 Å². The summed E-state index contributed by atoms with van der Waals surface area (Å²) in [5.41, 5.74) is 7.30. The molecule has 1 atom stereocenters. The van der Waals surface area contributed by atoms with E-state index in [2.05, 4.69) is 5.32 Å². The second kappa shape index (κ2) is 7.45. The molecule has 1 unspecified atom stereocenters. The SMILES string of the molecule is CCC(Oc1ccc(C)cc1)C(=O)Nc1ccc(C(N)=O)cc1. The maximum Gasteiger partial charge on any atom is 0.265 e. The number of hydrogen-bond donors (Lipinski definition) is 2. The minimum Gasteiger partial charge on any atom is -0.481 e. The molecule has 0 saturated heterocycles. The Balaban J connectivity index is 2.01. The Kier molecular flexibility index (Phi) is 5.36. The second-order valence-electron chi connectivity index (χ2n) is 5.26. The zero-order chi connectivity index (χ0) is 16.8. The number of nitrogens with two attached hydrogens (primary N) is 1. The number of benzene rings is 2. The zero-order valence-electron chi connectivity index (χ0n) is 13.2. The van der Waals surface area contributed by atoms with Gasteiger partial charge in [0, 0.05) is 11.3 Å². The van der Waals surface area contributed by atoms with Gasteiger partial charge in [-0.1, -0.05) is 24.6 Å². The van der Waals surface area contributed by atoms with Crippen molar-refractivity contribution in [3.63, 3.8) is 0 Å². The molecule has 0 saturated carbocycles. The molecular weight excluding hydrogens is 292 g/mol. The predicted molar refractivity (Wildman–Crippen MR) is 89.5 cm³/mol. The van der Waals surface area contributed by atoms with Gasteiger partial charge in [-0.3, -0.25) is 9.59 Å². The topological polar surface area (TPSA) is 81.4 Å². The van der Waals surface area contributed by atoms with E-state index in [1.807, 2.05) is 38.1 Å². The van der Waals surface area contributed by atoms with E-state index in [4.69, 9.17) is 10.5 Å². The van der Waals surface area contributed by atoms with Crippen LogP contribution in [0.5, 0.6) is 5.75 Å². The minimum absolute atomic E-state index is 0.236. The van der Waals surface area contributed by atoms with E-state index in [-0.39, 0.29) is 5.91 Å². The normalized spacial score (nSPS) is 11.6. The molecular formula is C18H20N2O3. The maximum atomic E-state index is 12.3. The Morgan fingerprint density at radius 3 is 2.22 bits per heavy atom. The number of carbonyl (C=O) groups is 2. The molecule has 2 aromatic carbocycles. The molecule has 0 aliphatic rings. The highest BCUT2D eigenvalue weighted by atomic mass is 16.5. The molecule has 0 heterocycles. The summed E-state index contributed by atoms with van der Waals surface area (Å²) < 4.78 is 5.73. The summed E-state index contributed by atoms with van der Waals surface area (Å²) in [7, 11) is 0. The van der Waals surface area contributed by atoms with E-state index < -0.39 is 12.0 Å². The van der Waals surface area contributed by atoms with E-state index in [0.717, 1.165) is 5.56 Å². The fourth-order valence-corrected chi connectivity index (χ4v) is 2.04. The highest BCUT2D eigenvalue weighted by molar-refractivity contribution is 5.96. The van der Waals surface area contributed by atoms with Crippen molar-refractivity contribution in [1.82, 2.24) is 0 Å². The monoisotopic (exact) mass is 312 g/mol. The first kappa shape index (κ1) is 16.5. The quantitative estimate of drug-likeness (QED) is 0.860. The fourth-order valence-electron chi connectivity index (χ4n) is 2.04. The van der Waals surface area contributed by atoms with Crippen LogP contribution in [0.1, 0.15) is 29.3 Å². The Bertz CT molecular complexity index is 678. The molecule has 0 aliphatic carbocycles. The average molecular weight is 312 g/mol. The third-order valence-corrected chi connectivity index (χ3v) is 3.40. The molecule has 3 N–H and O–H groups in total. The number of amides is 2. The first-order valence-corrected chi connectivity index (χ1v) is 7.43. The summed E-state index contributed by atoms with van der Waals surface area (Å²) in [4.78, 5) is 23.3. The number of nitrogens with one attached hydrogen (secondary N) is 1. The summed E-state index contributed by atoms with van der Waals surface area (Å²) in [6.07, 6.45) is -0.0486. The van der Waals surface area contributed by atoms with Crippen molar-refractivity contribution < 1.29 is 14.3 Å². The van der Waals surface area contributed by atoms with Crippen LogP contribution in [0.4, 0.5) is 5.69 Å². The second-order valence-corrected chi connectivity index (χ2v) is 5.26. The molecule has 2 amide bonds. The van der Waals surface area contributed by atoms with Gasteiger partial charge in [0.2, 0.25) is 5.91 Å².